The number of nitrogens with zero attached hydrogens (tertiary/aromatic N) is 1. The number of pyridine rings is 1. The minimum Gasteiger partial charge on any atom is -0.480 e. The summed E-state index contributed by atoms with van der Waals surface area (Å²) in [4.78, 5) is 25.7. The summed E-state index contributed by atoms with van der Waals surface area (Å²) in [5.41, 5.74) is 11.2. The molecule has 0 fully saturated rings. The third-order valence-corrected chi connectivity index (χ3v) is 2.05. The van der Waals surface area contributed by atoms with Crippen LogP contribution in [0.1, 0.15) is 5.56 Å². The summed E-state index contributed by atoms with van der Waals surface area (Å²) in [5.74, 6) is -2.21. The van der Waals surface area contributed by atoms with Gasteiger partial charge >= 0.3 is 11.9 Å². The fraction of sp³-hybridized carbons (Fsp3) is 0.300. The molecule has 0 aliphatic rings. The Kier molecular flexibility index (Phi) is 4.56. The number of carboxylic acids is 1. The van der Waals surface area contributed by atoms with E-state index in [1.807, 2.05) is 0 Å². The average molecular weight is 239 g/mol. The molecule has 0 aliphatic carbocycles. The molecule has 0 saturated heterocycles. The van der Waals surface area contributed by atoms with Crippen molar-refractivity contribution in [1.82, 2.24) is 4.98 Å². The van der Waals surface area contributed by atoms with Crippen LogP contribution in [0.3, 0.4) is 0 Å². The molecular formula is C10H13N3O4. The van der Waals surface area contributed by atoms with Gasteiger partial charge in [0.25, 0.3) is 0 Å². The molecule has 1 heterocycles. The maximum Gasteiger partial charge on any atom is 0.325 e. The van der Waals surface area contributed by atoms with E-state index < -0.39 is 24.0 Å². The highest BCUT2D eigenvalue weighted by Gasteiger charge is 2.28. The van der Waals surface area contributed by atoms with Crippen LogP contribution in [-0.4, -0.2) is 34.1 Å². The molecule has 0 amide bonds. The van der Waals surface area contributed by atoms with E-state index in [0.717, 1.165) is 0 Å². The minimum absolute atomic E-state index is 0.0211. The van der Waals surface area contributed by atoms with Crippen LogP contribution >= 0.6 is 0 Å². The zero-order valence-corrected chi connectivity index (χ0v) is 8.95. The standard InChI is InChI=1S/C10H13N3O4/c11-7(9(14)15)8(12)10(16)17-5-6-2-1-3-13-4-6/h1-4,7-8H,5,11-12H2,(H,14,15)/t7?,8-/m0/s1. The van der Waals surface area contributed by atoms with Gasteiger partial charge in [-0.3, -0.25) is 14.6 Å². The summed E-state index contributed by atoms with van der Waals surface area (Å²) in [5, 5.41) is 8.56. The van der Waals surface area contributed by atoms with Gasteiger partial charge in [-0.05, 0) is 6.07 Å². The Morgan fingerprint density at radius 2 is 2.12 bits per heavy atom. The molecule has 0 radical (unpaired) electrons. The van der Waals surface area contributed by atoms with Crippen LogP contribution in [0, 0.1) is 0 Å². The van der Waals surface area contributed by atoms with Gasteiger partial charge in [-0.25, -0.2) is 0 Å². The molecule has 0 aromatic carbocycles. The number of carbonyl (C=O) groups excluding carboxylic acids is 1. The van der Waals surface area contributed by atoms with Gasteiger partial charge in [0.15, 0.2) is 0 Å². The first-order valence-electron chi connectivity index (χ1n) is 4.82. The maximum absolute atomic E-state index is 11.4. The Labute approximate surface area is 97.4 Å². The van der Waals surface area contributed by atoms with E-state index >= 15 is 0 Å². The third kappa shape index (κ3) is 3.82. The van der Waals surface area contributed by atoms with Crippen molar-refractivity contribution >= 4 is 11.9 Å². The predicted octanol–water partition coefficient (Wildman–Crippen LogP) is -1.14. The lowest BCUT2D eigenvalue weighted by molar-refractivity contribution is -0.151. The van der Waals surface area contributed by atoms with E-state index in [1.165, 1.54) is 6.20 Å². The quantitative estimate of drug-likeness (QED) is 0.554. The van der Waals surface area contributed by atoms with Crippen LogP contribution in [0.25, 0.3) is 0 Å². The van der Waals surface area contributed by atoms with Gasteiger partial charge in [0, 0.05) is 18.0 Å². The number of ether oxygens (including phenoxy) is 1. The zero-order chi connectivity index (χ0) is 12.8. The average Bonchev–Trinajstić information content (AvgIpc) is 2.35. The van der Waals surface area contributed by atoms with Crippen LogP contribution in [0.5, 0.6) is 0 Å². The smallest absolute Gasteiger partial charge is 0.325 e. The number of carbonyl (C=O) groups is 2. The van der Waals surface area contributed by atoms with Gasteiger partial charge in [0.1, 0.15) is 18.7 Å². The number of carboxylic acid groups (broad SMARTS) is 1. The molecule has 0 spiro atoms. The van der Waals surface area contributed by atoms with E-state index in [2.05, 4.69) is 4.98 Å². The molecule has 1 aromatic rings. The van der Waals surface area contributed by atoms with Gasteiger partial charge < -0.3 is 21.3 Å². The number of aliphatic carboxylic acids is 1. The Morgan fingerprint density at radius 1 is 1.41 bits per heavy atom. The van der Waals surface area contributed by atoms with Gasteiger partial charge in [-0.1, -0.05) is 6.07 Å². The number of nitrogens with two attached hydrogens (primary N) is 2. The summed E-state index contributed by atoms with van der Waals surface area (Å²) >= 11 is 0. The van der Waals surface area contributed by atoms with E-state index in [-0.39, 0.29) is 6.61 Å². The van der Waals surface area contributed by atoms with E-state index in [9.17, 15) is 9.59 Å². The molecule has 17 heavy (non-hydrogen) atoms. The molecule has 7 nitrogen and oxygen atoms in total. The highest BCUT2D eigenvalue weighted by atomic mass is 16.5. The molecule has 1 aromatic heterocycles. The number of hydrogen-bond donors (Lipinski definition) is 3. The molecule has 1 rings (SSSR count). The molecule has 0 saturated carbocycles. The second kappa shape index (κ2) is 5.92. The van der Waals surface area contributed by atoms with Crippen molar-refractivity contribution in [3.63, 3.8) is 0 Å². The first kappa shape index (κ1) is 13.1. The highest BCUT2D eigenvalue weighted by molar-refractivity contribution is 5.85. The van der Waals surface area contributed by atoms with E-state index in [1.54, 1.807) is 18.3 Å². The first-order chi connectivity index (χ1) is 8.02. The molecule has 5 N–H and O–H groups in total. The Hall–Kier alpha value is -1.99. The lowest BCUT2D eigenvalue weighted by Gasteiger charge is -2.14. The van der Waals surface area contributed by atoms with Crippen molar-refractivity contribution in [3.8, 4) is 0 Å². The van der Waals surface area contributed by atoms with Crippen molar-refractivity contribution in [2.24, 2.45) is 11.5 Å². The maximum atomic E-state index is 11.4. The third-order valence-electron chi connectivity index (χ3n) is 2.05. The number of rotatable bonds is 5. The summed E-state index contributed by atoms with van der Waals surface area (Å²) < 4.78 is 4.81. The van der Waals surface area contributed by atoms with Crippen LogP contribution in [0.2, 0.25) is 0 Å². The largest absolute Gasteiger partial charge is 0.480 e. The van der Waals surface area contributed by atoms with Crippen molar-refractivity contribution < 1.29 is 19.4 Å². The summed E-state index contributed by atoms with van der Waals surface area (Å²) in [6.07, 6.45) is 3.10. The Bertz CT molecular complexity index is 396. The Morgan fingerprint density at radius 3 is 2.65 bits per heavy atom. The monoisotopic (exact) mass is 239 g/mol. The summed E-state index contributed by atoms with van der Waals surface area (Å²) in [6, 6.07) is 0.537. The molecule has 0 aliphatic heterocycles. The molecule has 7 heteroatoms. The van der Waals surface area contributed by atoms with E-state index in [4.69, 9.17) is 21.3 Å². The number of esters is 1. The van der Waals surface area contributed by atoms with Crippen molar-refractivity contribution in [2.75, 3.05) is 0 Å². The fourth-order valence-electron chi connectivity index (χ4n) is 1.03. The van der Waals surface area contributed by atoms with Gasteiger partial charge in [-0.15, -0.1) is 0 Å². The lowest BCUT2D eigenvalue weighted by atomic mass is 10.1. The van der Waals surface area contributed by atoms with Gasteiger partial charge in [-0.2, -0.15) is 0 Å². The first-order valence-corrected chi connectivity index (χ1v) is 4.82. The SMILES string of the molecule is NC(C(=O)O)[C@H](N)C(=O)OCc1cccnc1. The molecular weight excluding hydrogens is 226 g/mol. The molecule has 0 bridgehead atoms. The van der Waals surface area contributed by atoms with Gasteiger partial charge in [0.05, 0.1) is 0 Å². The van der Waals surface area contributed by atoms with Crippen molar-refractivity contribution in [1.29, 1.82) is 0 Å². The summed E-state index contributed by atoms with van der Waals surface area (Å²) in [7, 11) is 0. The van der Waals surface area contributed by atoms with Crippen molar-refractivity contribution in [3.05, 3.63) is 30.1 Å². The fourth-order valence-corrected chi connectivity index (χ4v) is 1.03. The predicted molar refractivity (Wildman–Crippen MR) is 57.6 cm³/mol. The zero-order valence-electron chi connectivity index (χ0n) is 8.95. The number of aromatic nitrogens is 1. The second-order valence-electron chi connectivity index (χ2n) is 3.36. The normalized spacial score (nSPS) is 13.8. The van der Waals surface area contributed by atoms with Crippen LogP contribution < -0.4 is 11.5 Å². The van der Waals surface area contributed by atoms with Crippen LogP contribution in [-0.2, 0) is 20.9 Å². The van der Waals surface area contributed by atoms with Crippen LogP contribution in [0.4, 0.5) is 0 Å². The molecule has 92 valence electrons. The second-order valence-corrected chi connectivity index (χ2v) is 3.36. The Balaban J connectivity index is 2.47. The van der Waals surface area contributed by atoms with E-state index in [0.29, 0.717) is 5.56 Å². The van der Waals surface area contributed by atoms with Gasteiger partial charge in [0.2, 0.25) is 0 Å². The molecule has 1 unspecified atom stereocenters. The van der Waals surface area contributed by atoms with Crippen molar-refractivity contribution in [2.45, 2.75) is 18.7 Å². The van der Waals surface area contributed by atoms with Crippen LogP contribution in [0.15, 0.2) is 24.5 Å². The lowest BCUT2D eigenvalue weighted by Crippen LogP contribution is -2.52. The summed E-state index contributed by atoms with van der Waals surface area (Å²) in [6.45, 7) is -0.0211. The number of hydrogen-bond acceptors (Lipinski definition) is 6. The topological polar surface area (TPSA) is 129 Å². The highest BCUT2D eigenvalue weighted by Crippen LogP contribution is 2.00. The minimum atomic E-state index is -1.48. The molecule has 2 atom stereocenters.